The molecule has 2 aromatic rings. The Kier molecular flexibility index (Phi) is 2.54. The van der Waals surface area contributed by atoms with E-state index in [0.29, 0.717) is 5.88 Å². The Morgan fingerprint density at radius 1 is 1.46 bits per heavy atom. The summed E-state index contributed by atoms with van der Waals surface area (Å²) >= 11 is 12.0. The van der Waals surface area contributed by atoms with Crippen LogP contribution in [0.5, 0.6) is 0 Å². The molecule has 0 saturated heterocycles. The second-order valence-electron chi connectivity index (χ2n) is 2.98. The minimum Gasteiger partial charge on any atom is -0.143 e. The first-order chi connectivity index (χ1) is 6.24. The fraction of sp³-hybridized carbons (Fsp3) is 0.200. The molecule has 3 heteroatoms. The Morgan fingerprint density at radius 2 is 2.23 bits per heavy atom. The maximum atomic E-state index is 5.83. The number of benzene rings is 1. The molecule has 0 fully saturated rings. The van der Waals surface area contributed by atoms with Crippen molar-refractivity contribution < 1.29 is 0 Å². The number of rotatable bonds is 1. The Hall–Kier alpha value is -0.180. The van der Waals surface area contributed by atoms with E-state index in [1.54, 1.807) is 11.3 Å². The van der Waals surface area contributed by atoms with Gasteiger partial charge in [-0.05, 0) is 24.1 Å². The average Bonchev–Trinajstić information content (AvgIpc) is 2.49. The first-order valence-corrected chi connectivity index (χ1v) is 5.84. The molecule has 0 saturated carbocycles. The van der Waals surface area contributed by atoms with Gasteiger partial charge in [0.2, 0.25) is 0 Å². The summed E-state index contributed by atoms with van der Waals surface area (Å²) in [6.07, 6.45) is 0. The van der Waals surface area contributed by atoms with Crippen LogP contribution < -0.4 is 0 Å². The van der Waals surface area contributed by atoms with Crippen LogP contribution in [0.1, 0.15) is 11.1 Å². The van der Waals surface area contributed by atoms with Crippen LogP contribution in [0.2, 0.25) is 0 Å². The maximum Gasteiger partial charge on any atom is 0.0476 e. The van der Waals surface area contributed by atoms with Crippen molar-refractivity contribution in [2.75, 3.05) is 0 Å². The van der Waals surface area contributed by atoms with Gasteiger partial charge in [-0.25, -0.2) is 0 Å². The first kappa shape index (κ1) is 9.38. The second kappa shape index (κ2) is 3.52. The summed E-state index contributed by atoms with van der Waals surface area (Å²) in [5.74, 6) is 0.574. The standard InChI is InChI=1S/C10H9ClS2/c1-6-7(4-11)2-3-9-10(6)8(12)5-13-9/h2-3,5,12H,4H2,1H3. The molecule has 0 aliphatic rings. The van der Waals surface area contributed by atoms with Crippen LogP contribution in [0, 0.1) is 6.92 Å². The normalized spacial score (nSPS) is 11.0. The molecule has 0 bridgehead atoms. The maximum absolute atomic E-state index is 5.83. The van der Waals surface area contributed by atoms with Gasteiger partial charge in [0.05, 0.1) is 0 Å². The lowest BCUT2D eigenvalue weighted by atomic mass is 10.1. The van der Waals surface area contributed by atoms with Crippen molar-refractivity contribution in [1.82, 2.24) is 0 Å². The zero-order valence-corrected chi connectivity index (χ0v) is 9.64. The second-order valence-corrected chi connectivity index (χ2v) is 4.64. The molecule has 0 atom stereocenters. The number of thiol groups is 1. The molecule has 1 heterocycles. The zero-order valence-electron chi connectivity index (χ0n) is 7.17. The van der Waals surface area contributed by atoms with Crippen LogP contribution in [0.3, 0.4) is 0 Å². The molecule has 68 valence electrons. The number of thiophene rings is 1. The molecule has 1 aromatic heterocycles. The molecule has 0 amide bonds. The first-order valence-electron chi connectivity index (χ1n) is 3.98. The quantitative estimate of drug-likeness (QED) is 0.548. The Balaban J connectivity index is 2.83. The molecular formula is C10H9ClS2. The van der Waals surface area contributed by atoms with Crippen LogP contribution in [0.4, 0.5) is 0 Å². The molecule has 2 rings (SSSR count). The van der Waals surface area contributed by atoms with Crippen molar-refractivity contribution in [3.8, 4) is 0 Å². The van der Waals surface area contributed by atoms with Crippen LogP contribution in [0.25, 0.3) is 10.1 Å². The molecule has 13 heavy (non-hydrogen) atoms. The van der Waals surface area contributed by atoms with Gasteiger partial charge in [0.1, 0.15) is 0 Å². The highest BCUT2D eigenvalue weighted by molar-refractivity contribution is 7.80. The highest BCUT2D eigenvalue weighted by Crippen LogP contribution is 2.33. The summed E-state index contributed by atoms with van der Waals surface area (Å²) in [7, 11) is 0. The molecule has 0 spiro atoms. The number of aryl methyl sites for hydroxylation is 1. The van der Waals surface area contributed by atoms with Crippen molar-refractivity contribution in [3.05, 3.63) is 28.6 Å². The monoisotopic (exact) mass is 228 g/mol. The Bertz CT molecular complexity index is 445. The third kappa shape index (κ3) is 1.47. The highest BCUT2D eigenvalue weighted by Gasteiger charge is 2.06. The summed E-state index contributed by atoms with van der Waals surface area (Å²) in [5.41, 5.74) is 2.46. The summed E-state index contributed by atoms with van der Waals surface area (Å²) in [5, 5.41) is 3.32. The van der Waals surface area contributed by atoms with Crippen molar-refractivity contribution in [2.24, 2.45) is 0 Å². The van der Waals surface area contributed by atoms with E-state index in [2.05, 4.69) is 37.1 Å². The van der Waals surface area contributed by atoms with E-state index in [1.807, 2.05) is 0 Å². The summed E-state index contributed by atoms with van der Waals surface area (Å²) < 4.78 is 1.29. The average molecular weight is 229 g/mol. The predicted molar refractivity (Wildman–Crippen MR) is 63.4 cm³/mol. The number of hydrogen-bond acceptors (Lipinski definition) is 2. The van der Waals surface area contributed by atoms with Crippen LogP contribution in [-0.4, -0.2) is 0 Å². The molecule has 0 aliphatic heterocycles. The molecule has 1 aromatic carbocycles. The van der Waals surface area contributed by atoms with E-state index in [9.17, 15) is 0 Å². The molecule has 0 nitrogen and oxygen atoms in total. The van der Waals surface area contributed by atoms with E-state index in [-0.39, 0.29) is 0 Å². The number of alkyl halides is 1. The van der Waals surface area contributed by atoms with Crippen molar-refractivity contribution >= 4 is 45.7 Å². The van der Waals surface area contributed by atoms with Gasteiger partial charge in [-0.3, -0.25) is 0 Å². The van der Waals surface area contributed by atoms with Crippen LogP contribution in [-0.2, 0) is 5.88 Å². The lowest BCUT2D eigenvalue weighted by molar-refractivity contribution is 1.33. The SMILES string of the molecule is Cc1c(CCl)ccc2scc(S)c12. The van der Waals surface area contributed by atoms with Crippen LogP contribution >= 0.6 is 35.6 Å². The molecular weight excluding hydrogens is 220 g/mol. The summed E-state index contributed by atoms with van der Waals surface area (Å²) in [6, 6.07) is 4.21. The van der Waals surface area contributed by atoms with Gasteiger partial charge >= 0.3 is 0 Å². The van der Waals surface area contributed by atoms with E-state index in [0.717, 1.165) is 4.90 Å². The zero-order chi connectivity index (χ0) is 9.42. The van der Waals surface area contributed by atoms with Gasteiger partial charge in [-0.15, -0.1) is 35.6 Å². The smallest absolute Gasteiger partial charge is 0.0476 e. The van der Waals surface area contributed by atoms with Gasteiger partial charge in [0.15, 0.2) is 0 Å². The number of fused-ring (bicyclic) bond motifs is 1. The lowest BCUT2D eigenvalue weighted by Gasteiger charge is -2.03. The summed E-state index contributed by atoms with van der Waals surface area (Å²) in [6.45, 7) is 2.10. The van der Waals surface area contributed by atoms with E-state index >= 15 is 0 Å². The van der Waals surface area contributed by atoms with Gasteiger partial charge < -0.3 is 0 Å². The molecule has 0 N–H and O–H groups in total. The largest absolute Gasteiger partial charge is 0.143 e. The van der Waals surface area contributed by atoms with Gasteiger partial charge in [-0.2, -0.15) is 0 Å². The lowest BCUT2D eigenvalue weighted by Crippen LogP contribution is -1.84. The van der Waals surface area contributed by atoms with Crippen molar-refractivity contribution in [2.45, 2.75) is 17.7 Å². The van der Waals surface area contributed by atoms with Crippen molar-refractivity contribution in [1.29, 1.82) is 0 Å². The Labute approximate surface area is 91.9 Å². The van der Waals surface area contributed by atoms with Crippen LogP contribution in [0.15, 0.2) is 22.4 Å². The number of halogens is 1. The fourth-order valence-electron chi connectivity index (χ4n) is 1.47. The topological polar surface area (TPSA) is 0 Å². The van der Waals surface area contributed by atoms with E-state index in [4.69, 9.17) is 11.6 Å². The Morgan fingerprint density at radius 3 is 2.92 bits per heavy atom. The fourth-order valence-corrected chi connectivity index (χ4v) is 3.16. The molecule has 0 radical (unpaired) electrons. The highest BCUT2D eigenvalue weighted by atomic mass is 35.5. The molecule has 0 aliphatic carbocycles. The third-order valence-corrected chi connectivity index (χ3v) is 4.00. The minimum absolute atomic E-state index is 0.574. The molecule has 0 unspecified atom stereocenters. The van der Waals surface area contributed by atoms with Gasteiger partial charge in [0.25, 0.3) is 0 Å². The van der Waals surface area contributed by atoms with Crippen molar-refractivity contribution in [3.63, 3.8) is 0 Å². The van der Waals surface area contributed by atoms with Gasteiger partial charge in [-0.1, -0.05) is 6.07 Å². The third-order valence-electron chi connectivity index (χ3n) is 2.24. The number of hydrogen-bond donors (Lipinski definition) is 1. The van der Waals surface area contributed by atoms with E-state index in [1.165, 1.54) is 21.2 Å². The van der Waals surface area contributed by atoms with E-state index < -0.39 is 0 Å². The predicted octanol–water partition coefficient (Wildman–Crippen LogP) is 4.24. The minimum atomic E-state index is 0.574. The van der Waals surface area contributed by atoms with Gasteiger partial charge in [0, 0.05) is 26.2 Å². The summed E-state index contributed by atoms with van der Waals surface area (Å²) in [4.78, 5) is 1.06.